The number of anilines is 1. The predicted octanol–water partition coefficient (Wildman–Crippen LogP) is 4.81. The summed E-state index contributed by atoms with van der Waals surface area (Å²) in [4.78, 5) is 16.4. The van der Waals surface area contributed by atoms with Crippen molar-refractivity contribution >= 4 is 34.1 Å². The van der Waals surface area contributed by atoms with E-state index in [1.54, 1.807) is 30.8 Å². The van der Waals surface area contributed by atoms with Crippen LogP contribution in [0.5, 0.6) is 0 Å². The largest absolute Gasteiger partial charge is 0.461 e. The molecule has 0 aliphatic rings. The summed E-state index contributed by atoms with van der Waals surface area (Å²) in [5.74, 6) is 1.23. The monoisotopic (exact) mass is 427 g/mol. The van der Waals surface area contributed by atoms with Crippen molar-refractivity contribution in [1.29, 1.82) is 0 Å². The van der Waals surface area contributed by atoms with Gasteiger partial charge in [0.15, 0.2) is 10.9 Å². The van der Waals surface area contributed by atoms with Gasteiger partial charge in [0.25, 0.3) is 0 Å². The van der Waals surface area contributed by atoms with Crippen LogP contribution >= 0.6 is 11.8 Å². The summed E-state index contributed by atoms with van der Waals surface area (Å²) in [5.41, 5.74) is 1.62. The van der Waals surface area contributed by atoms with Crippen molar-refractivity contribution in [2.45, 2.75) is 5.16 Å². The number of carbonyl (C=O) groups excluding carboxylic acids is 1. The highest BCUT2D eigenvalue weighted by Gasteiger charge is 2.20. The highest BCUT2D eigenvalue weighted by molar-refractivity contribution is 7.99. The minimum absolute atomic E-state index is 0.136. The number of hydrogen-bond donors (Lipinski definition) is 1. The zero-order chi connectivity index (χ0) is 21.0. The Bertz CT molecular complexity index is 1330. The van der Waals surface area contributed by atoms with Crippen molar-refractivity contribution in [1.82, 2.24) is 19.7 Å². The molecular weight excluding hydrogens is 410 g/mol. The molecule has 7 nitrogen and oxygen atoms in total. The summed E-state index contributed by atoms with van der Waals surface area (Å²) < 4.78 is 7.53. The first-order valence-corrected chi connectivity index (χ1v) is 10.6. The van der Waals surface area contributed by atoms with Gasteiger partial charge in [0.05, 0.1) is 17.7 Å². The third-order valence-electron chi connectivity index (χ3n) is 4.68. The van der Waals surface area contributed by atoms with Gasteiger partial charge in [-0.05, 0) is 35.7 Å². The van der Waals surface area contributed by atoms with Gasteiger partial charge in [0.2, 0.25) is 11.7 Å². The standard InChI is InChI=1S/C23H17N5O2S/c29-21(25-17-10-12-24-13-11-17)15-31-23-27-26-22(20-9-4-14-30-20)28(23)19-8-3-6-16-5-1-2-7-18(16)19/h1-14H,15H2,(H,24,25,29). The minimum atomic E-state index is -0.136. The smallest absolute Gasteiger partial charge is 0.234 e. The second-order valence-electron chi connectivity index (χ2n) is 6.69. The Hall–Kier alpha value is -3.91. The summed E-state index contributed by atoms with van der Waals surface area (Å²) in [6.45, 7) is 0. The molecule has 3 aromatic heterocycles. The number of hydrogen-bond acceptors (Lipinski definition) is 6. The second-order valence-corrected chi connectivity index (χ2v) is 7.63. The Balaban J connectivity index is 1.50. The topological polar surface area (TPSA) is 85.8 Å². The van der Waals surface area contributed by atoms with E-state index in [0.717, 1.165) is 16.5 Å². The molecule has 5 aromatic rings. The summed E-state index contributed by atoms with van der Waals surface area (Å²) in [6, 6.07) is 21.3. The first kappa shape index (κ1) is 19.1. The first-order valence-electron chi connectivity index (χ1n) is 9.60. The fourth-order valence-electron chi connectivity index (χ4n) is 3.31. The zero-order valence-corrected chi connectivity index (χ0v) is 17.1. The van der Waals surface area contributed by atoms with E-state index in [2.05, 4.69) is 38.7 Å². The predicted molar refractivity (Wildman–Crippen MR) is 120 cm³/mol. The van der Waals surface area contributed by atoms with Crippen LogP contribution in [-0.4, -0.2) is 31.4 Å². The van der Waals surface area contributed by atoms with E-state index >= 15 is 0 Å². The Kier molecular flexibility index (Phi) is 5.20. The van der Waals surface area contributed by atoms with Crippen LogP contribution in [0.4, 0.5) is 5.69 Å². The maximum absolute atomic E-state index is 12.5. The second kappa shape index (κ2) is 8.45. The van der Waals surface area contributed by atoms with Gasteiger partial charge >= 0.3 is 0 Å². The molecule has 2 aromatic carbocycles. The third-order valence-corrected chi connectivity index (χ3v) is 5.61. The molecule has 1 N–H and O–H groups in total. The quantitative estimate of drug-likeness (QED) is 0.392. The summed E-state index contributed by atoms with van der Waals surface area (Å²) in [6.07, 6.45) is 4.87. The highest BCUT2D eigenvalue weighted by Crippen LogP contribution is 2.32. The number of nitrogens with one attached hydrogen (secondary N) is 1. The number of pyridine rings is 1. The van der Waals surface area contributed by atoms with Crippen molar-refractivity contribution in [3.05, 3.63) is 85.4 Å². The van der Waals surface area contributed by atoms with Gasteiger partial charge < -0.3 is 9.73 Å². The molecular formula is C23H17N5O2S. The fourth-order valence-corrected chi connectivity index (χ4v) is 4.06. The van der Waals surface area contributed by atoms with Crippen LogP contribution in [0.25, 0.3) is 28.0 Å². The average molecular weight is 427 g/mol. The lowest BCUT2D eigenvalue weighted by molar-refractivity contribution is -0.113. The van der Waals surface area contributed by atoms with Crippen molar-refractivity contribution in [3.8, 4) is 17.3 Å². The van der Waals surface area contributed by atoms with E-state index in [1.807, 2.05) is 41.0 Å². The molecule has 0 aliphatic carbocycles. The number of fused-ring (bicyclic) bond motifs is 1. The molecule has 0 bridgehead atoms. The lowest BCUT2D eigenvalue weighted by Gasteiger charge is -2.12. The maximum Gasteiger partial charge on any atom is 0.234 e. The van der Waals surface area contributed by atoms with E-state index in [-0.39, 0.29) is 11.7 Å². The van der Waals surface area contributed by atoms with Crippen LogP contribution in [0.2, 0.25) is 0 Å². The number of rotatable bonds is 6. The Labute approximate surface area is 182 Å². The molecule has 0 spiro atoms. The molecule has 0 unspecified atom stereocenters. The minimum Gasteiger partial charge on any atom is -0.461 e. The summed E-state index contributed by atoms with van der Waals surface area (Å²) in [5, 5.41) is 14.3. The van der Waals surface area contributed by atoms with E-state index in [4.69, 9.17) is 4.42 Å². The number of furan rings is 1. The Morgan fingerprint density at radius 1 is 0.968 bits per heavy atom. The van der Waals surface area contributed by atoms with Gasteiger partial charge in [0.1, 0.15) is 0 Å². The number of amides is 1. The summed E-state index contributed by atoms with van der Waals surface area (Å²) in [7, 11) is 0. The van der Waals surface area contributed by atoms with Gasteiger partial charge in [-0.2, -0.15) is 0 Å². The number of carbonyl (C=O) groups is 1. The van der Waals surface area contributed by atoms with E-state index in [9.17, 15) is 4.79 Å². The molecule has 0 fully saturated rings. The highest BCUT2D eigenvalue weighted by atomic mass is 32.2. The Morgan fingerprint density at radius 2 is 1.81 bits per heavy atom. The van der Waals surface area contributed by atoms with E-state index in [1.165, 1.54) is 11.8 Å². The number of thioether (sulfide) groups is 1. The van der Waals surface area contributed by atoms with E-state index < -0.39 is 0 Å². The molecule has 152 valence electrons. The maximum atomic E-state index is 12.5. The third kappa shape index (κ3) is 3.93. The molecule has 3 heterocycles. The molecule has 0 saturated heterocycles. The van der Waals surface area contributed by atoms with Crippen LogP contribution in [0.1, 0.15) is 0 Å². The van der Waals surface area contributed by atoms with Crippen molar-refractivity contribution in [2.75, 3.05) is 11.1 Å². The van der Waals surface area contributed by atoms with Crippen LogP contribution in [0.3, 0.4) is 0 Å². The van der Waals surface area contributed by atoms with Gasteiger partial charge in [-0.15, -0.1) is 10.2 Å². The lowest BCUT2D eigenvalue weighted by atomic mass is 10.1. The molecule has 0 aliphatic heterocycles. The van der Waals surface area contributed by atoms with Gasteiger partial charge in [0, 0.05) is 23.5 Å². The van der Waals surface area contributed by atoms with Crippen LogP contribution in [0, 0.1) is 0 Å². The molecule has 31 heavy (non-hydrogen) atoms. The van der Waals surface area contributed by atoms with Crippen molar-refractivity contribution in [2.24, 2.45) is 0 Å². The molecule has 5 rings (SSSR count). The van der Waals surface area contributed by atoms with Gasteiger partial charge in [-0.1, -0.05) is 48.2 Å². The molecule has 0 saturated carbocycles. The lowest BCUT2D eigenvalue weighted by Crippen LogP contribution is -2.14. The number of benzene rings is 2. The normalized spacial score (nSPS) is 11.0. The molecule has 0 atom stereocenters. The van der Waals surface area contributed by atoms with Gasteiger partial charge in [-0.25, -0.2) is 0 Å². The van der Waals surface area contributed by atoms with Crippen molar-refractivity contribution in [3.63, 3.8) is 0 Å². The number of aromatic nitrogens is 4. The average Bonchev–Trinajstić information content (AvgIpc) is 3.48. The first-order chi connectivity index (χ1) is 15.3. The Morgan fingerprint density at radius 3 is 2.65 bits per heavy atom. The zero-order valence-electron chi connectivity index (χ0n) is 16.3. The van der Waals surface area contributed by atoms with Crippen LogP contribution < -0.4 is 5.32 Å². The van der Waals surface area contributed by atoms with E-state index in [0.29, 0.717) is 22.4 Å². The van der Waals surface area contributed by atoms with Gasteiger partial charge in [-0.3, -0.25) is 14.3 Å². The number of nitrogens with zero attached hydrogens (tertiary/aromatic N) is 4. The van der Waals surface area contributed by atoms with Crippen molar-refractivity contribution < 1.29 is 9.21 Å². The summed E-state index contributed by atoms with van der Waals surface area (Å²) >= 11 is 1.32. The molecule has 1 amide bonds. The fraction of sp³-hybridized carbons (Fsp3) is 0.0435. The van der Waals surface area contributed by atoms with Crippen LogP contribution in [-0.2, 0) is 4.79 Å². The molecule has 8 heteroatoms. The molecule has 0 radical (unpaired) electrons. The van der Waals surface area contributed by atoms with Crippen LogP contribution in [0.15, 0.2) is 95.0 Å². The SMILES string of the molecule is O=C(CSc1nnc(-c2ccco2)n1-c1cccc2ccccc12)Nc1ccncc1.